The van der Waals surface area contributed by atoms with Crippen LogP contribution in [0, 0.1) is 6.92 Å². The molecule has 1 heterocycles. The molecule has 2 rings (SSSR count). The van der Waals surface area contributed by atoms with E-state index < -0.39 is 0 Å². The molecular formula is C17H24N4O2. The molecule has 0 spiro atoms. The maximum Gasteiger partial charge on any atom is 0.245 e. The third kappa shape index (κ3) is 4.55. The highest BCUT2D eigenvalue weighted by atomic mass is 16.5. The highest BCUT2D eigenvalue weighted by Crippen LogP contribution is 2.24. The number of aromatic nitrogens is 2. The molecule has 6 heteroatoms. The SMILES string of the molecule is CCCC(=O)Nc1cccc(NCc2nc(C(C)C)no2)c1C. The van der Waals surface area contributed by atoms with Gasteiger partial charge in [0.05, 0.1) is 6.54 Å². The third-order valence-corrected chi connectivity index (χ3v) is 3.52. The van der Waals surface area contributed by atoms with E-state index in [0.717, 1.165) is 23.4 Å². The molecular weight excluding hydrogens is 292 g/mol. The minimum atomic E-state index is 0.0335. The maximum absolute atomic E-state index is 11.8. The fourth-order valence-corrected chi connectivity index (χ4v) is 2.15. The Morgan fingerprint density at radius 1 is 1.30 bits per heavy atom. The number of rotatable bonds is 7. The Kier molecular flexibility index (Phi) is 5.73. The van der Waals surface area contributed by atoms with Crippen molar-refractivity contribution in [2.24, 2.45) is 0 Å². The van der Waals surface area contributed by atoms with Crippen LogP contribution in [0.25, 0.3) is 0 Å². The Hall–Kier alpha value is -2.37. The van der Waals surface area contributed by atoms with E-state index in [-0.39, 0.29) is 11.8 Å². The zero-order valence-corrected chi connectivity index (χ0v) is 14.1. The summed E-state index contributed by atoms with van der Waals surface area (Å²) in [7, 11) is 0. The molecule has 0 fully saturated rings. The Bertz CT molecular complexity index is 664. The summed E-state index contributed by atoms with van der Waals surface area (Å²) in [4.78, 5) is 16.1. The number of carbonyl (C=O) groups excluding carboxylic acids is 1. The van der Waals surface area contributed by atoms with Gasteiger partial charge in [-0.25, -0.2) is 0 Å². The molecule has 1 aromatic carbocycles. The molecule has 1 aromatic heterocycles. The minimum absolute atomic E-state index is 0.0335. The summed E-state index contributed by atoms with van der Waals surface area (Å²) in [6.07, 6.45) is 1.36. The number of nitrogens with zero attached hydrogens (tertiary/aromatic N) is 2. The van der Waals surface area contributed by atoms with Crippen LogP contribution in [0.4, 0.5) is 11.4 Å². The standard InChI is InChI=1S/C17H24N4O2/c1-5-7-15(22)19-14-9-6-8-13(12(14)4)18-10-16-20-17(11(2)3)21-23-16/h6,8-9,11,18H,5,7,10H2,1-4H3,(H,19,22). The summed E-state index contributed by atoms with van der Waals surface area (Å²) < 4.78 is 5.22. The van der Waals surface area contributed by atoms with Crippen LogP contribution >= 0.6 is 0 Å². The highest BCUT2D eigenvalue weighted by Gasteiger charge is 2.11. The van der Waals surface area contributed by atoms with Crippen LogP contribution < -0.4 is 10.6 Å². The molecule has 1 amide bonds. The lowest BCUT2D eigenvalue weighted by molar-refractivity contribution is -0.116. The van der Waals surface area contributed by atoms with Gasteiger partial charge in [0.15, 0.2) is 5.82 Å². The minimum Gasteiger partial charge on any atom is -0.376 e. The van der Waals surface area contributed by atoms with E-state index in [1.165, 1.54) is 0 Å². The first kappa shape index (κ1) is 17.0. The molecule has 0 saturated heterocycles. The van der Waals surface area contributed by atoms with Gasteiger partial charge in [0, 0.05) is 23.7 Å². The monoisotopic (exact) mass is 316 g/mol. The number of anilines is 2. The van der Waals surface area contributed by atoms with Gasteiger partial charge in [-0.3, -0.25) is 4.79 Å². The van der Waals surface area contributed by atoms with Crippen LogP contribution in [0.3, 0.4) is 0 Å². The van der Waals surface area contributed by atoms with Crippen molar-refractivity contribution in [2.45, 2.75) is 53.0 Å². The zero-order valence-electron chi connectivity index (χ0n) is 14.1. The molecule has 2 aromatic rings. The van der Waals surface area contributed by atoms with Crippen LogP contribution in [0.1, 0.15) is 56.8 Å². The highest BCUT2D eigenvalue weighted by molar-refractivity contribution is 5.92. The van der Waals surface area contributed by atoms with Crippen molar-refractivity contribution in [3.63, 3.8) is 0 Å². The summed E-state index contributed by atoms with van der Waals surface area (Å²) in [5.74, 6) is 1.53. The molecule has 0 aliphatic heterocycles. The molecule has 0 saturated carbocycles. The lowest BCUT2D eigenvalue weighted by Crippen LogP contribution is -2.12. The van der Waals surface area contributed by atoms with Crippen molar-refractivity contribution < 1.29 is 9.32 Å². The molecule has 0 aliphatic carbocycles. The Balaban J connectivity index is 2.03. The first-order valence-electron chi connectivity index (χ1n) is 7.97. The Morgan fingerprint density at radius 2 is 2.04 bits per heavy atom. The first-order valence-corrected chi connectivity index (χ1v) is 7.97. The smallest absolute Gasteiger partial charge is 0.245 e. The van der Waals surface area contributed by atoms with Crippen molar-refractivity contribution >= 4 is 17.3 Å². The van der Waals surface area contributed by atoms with Gasteiger partial charge in [0.25, 0.3) is 0 Å². The molecule has 124 valence electrons. The molecule has 2 N–H and O–H groups in total. The number of hydrogen-bond acceptors (Lipinski definition) is 5. The average molecular weight is 316 g/mol. The number of amides is 1. The maximum atomic E-state index is 11.8. The van der Waals surface area contributed by atoms with E-state index in [2.05, 4.69) is 20.8 Å². The van der Waals surface area contributed by atoms with Gasteiger partial charge in [-0.05, 0) is 31.0 Å². The van der Waals surface area contributed by atoms with Crippen molar-refractivity contribution in [3.8, 4) is 0 Å². The van der Waals surface area contributed by atoms with Crippen molar-refractivity contribution in [1.29, 1.82) is 0 Å². The van der Waals surface area contributed by atoms with E-state index in [9.17, 15) is 4.79 Å². The second-order valence-corrected chi connectivity index (χ2v) is 5.83. The molecule has 0 radical (unpaired) electrons. The van der Waals surface area contributed by atoms with E-state index >= 15 is 0 Å². The second-order valence-electron chi connectivity index (χ2n) is 5.83. The van der Waals surface area contributed by atoms with E-state index in [4.69, 9.17) is 4.52 Å². The summed E-state index contributed by atoms with van der Waals surface area (Å²) >= 11 is 0. The number of carbonyl (C=O) groups is 1. The summed E-state index contributed by atoms with van der Waals surface area (Å²) in [6.45, 7) is 8.45. The quantitative estimate of drug-likeness (QED) is 0.811. The lowest BCUT2D eigenvalue weighted by Gasteiger charge is -2.13. The van der Waals surface area contributed by atoms with E-state index in [0.29, 0.717) is 24.7 Å². The van der Waals surface area contributed by atoms with Crippen molar-refractivity contribution in [3.05, 3.63) is 35.5 Å². The van der Waals surface area contributed by atoms with Crippen LogP contribution in [0.2, 0.25) is 0 Å². The first-order chi connectivity index (χ1) is 11.0. The Labute approximate surface area is 136 Å². The van der Waals surface area contributed by atoms with Crippen molar-refractivity contribution in [1.82, 2.24) is 10.1 Å². The molecule has 6 nitrogen and oxygen atoms in total. The topological polar surface area (TPSA) is 80.0 Å². The fourth-order valence-electron chi connectivity index (χ4n) is 2.15. The number of benzene rings is 1. The third-order valence-electron chi connectivity index (χ3n) is 3.52. The normalized spacial score (nSPS) is 10.8. The van der Waals surface area contributed by atoms with Crippen LogP contribution in [-0.4, -0.2) is 16.0 Å². The number of nitrogens with one attached hydrogen (secondary N) is 2. The van der Waals surface area contributed by atoms with Gasteiger partial charge in [0.1, 0.15) is 0 Å². The van der Waals surface area contributed by atoms with Gasteiger partial charge in [-0.15, -0.1) is 0 Å². The largest absolute Gasteiger partial charge is 0.376 e. The Morgan fingerprint density at radius 3 is 2.70 bits per heavy atom. The molecule has 0 unspecified atom stereocenters. The summed E-state index contributed by atoms with van der Waals surface area (Å²) in [6, 6.07) is 5.77. The van der Waals surface area contributed by atoms with Gasteiger partial charge in [-0.2, -0.15) is 4.98 Å². The van der Waals surface area contributed by atoms with Crippen LogP contribution in [0.5, 0.6) is 0 Å². The van der Waals surface area contributed by atoms with Crippen LogP contribution in [0.15, 0.2) is 22.7 Å². The van der Waals surface area contributed by atoms with Crippen LogP contribution in [-0.2, 0) is 11.3 Å². The van der Waals surface area contributed by atoms with E-state index in [1.54, 1.807) is 0 Å². The molecule has 23 heavy (non-hydrogen) atoms. The average Bonchev–Trinajstić information content (AvgIpc) is 2.97. The zero-order chi connectivity index (χ0) is 16.8. The predicted molar refractivity (Wildman–Crippen MR) is 90.4 cm³/mol. The fraction of sp³-hybridized carbons (Fsp3) is 0.471. The van der Waals surface area contributed by atoms with E-state index in [1.807, 2.05) is 45.9 Å². The number of hydrogen-bond donors (Lipinski definition) is 2. The molecule has 0 bridgehead atoms. The lowest BCUT2D eigenvalue weighted by atomic mass is 10.1. The summed E-state index contributed by atoms with van der Waals surface area (Å²) in [5, 5.41) is 10.2. The summed E-state index contributed by atoms with van der Waals surface area (Å²) in [5.41, 5.74) is 2.74. The van der Waals surface area contributed by atoms with Gasteiger partial charge < -0.3 is 15.2 Å². The molecule has 0 aliphatic rings. The van der Waals surface area contributed by atoms with Gasteiger partial charge >= 0.3 is 0 Å². The van der Waals surface area contributed by atoms with Crippen molar-refractivity contribution in [2.75, 3.05) is 10.6 Å². The predicted octanol–water partition coefficient (Wildman–Crippen LogP) is 3.85. The second kappa shape index (κ2) is 7.76. The van der Waals surface area contributed by atoms with Gasteiger partial charge in [-0.1, -0.05) is 32.0 Å². The van der Waals surface area contributed by atoms with Gasteiger partial charge in [0.2, 0.25) is 11.8 Å². The molecule has 0 atom stereocenters.